The van der Waals surface area contributed by atoms with E-state index < -0.39 is 53.3 Å². The number of halogens is 3. The van der Waals surface area contributed by atoms with Gasteiger partial charge in [0.15, 0.2) is 5.96 Å². The topological polar surface area (TPSA) is 288 Å². The SMILES string of the molecule is C[C@](Cc1ccc(C(=N)N)cc1)(C(=O)O)C(=O)N[C@H](C(=O)N[C@@H](CCCNC(=N)N)C(N)=O)C1CCCCC1.O=C(O)C(F)(F)F. The minimum Gasteiger partial charge on any atom is -0.480 e. The number of guanidine groups is 1. The molecule has 2 rings (SSSR count). The first kappa shape index (κ1) is 39.1. The summed E-state index contributed by atoms with van der Waals surface area (Å²) in [5.74, 6) is -6.86. The quantitative estimate of drug-likeness (QED) is 0.0573. The summed E-state index contributed by atoms with van der Waals surface area (Å²) in [6.07, 6.45) is -0.606. The zero-order valence-electron chi connectivity index (χ0n) is 25.2. The van der Waals surface area contributed by atoms with Crippen LogP contribution in [-0.4, -0.2) is 76.5 Å². The molecule has 1 aromatic rings. The van der Waals surface area contributed by atoms with Crippen molar-refractivity contribution in [3.63, 3.8) is 0 Å². The smallest absolute Gasteiger partial charge is 0.480 e. The second-order valence-electron chi connectivity index (χ2n) is 11.0. The molecule has 0 spiro atoms. The first-order valence-electron chi connectivity index (χ1n) is 14.2. The van der Waals surface area contributed by atoms with Gasteiger partial charge in [-0.3, -0.25) is 30.0 Å². The molecule has 1 saturated carbocycles. The molecule has 0 radical (unpaired) electrons. The molecule has 0 aliphatic heterocycles. The van der Waals surface area contributed by atoms with Gasteiger partial charge in [-0.1, -0.05) is 43.5 Å². The fourth-order valence-electron chi connectivity index (χ4n) is 4.71. The fraction of sp³-hybridized carbons (Fsp3) is 0.536. The lowest BCUT2D eigenvalue weighted by Gasteiger charge is -2.33. The molecule has 0 unspecified atom stereocenters. The van der Waals surface area contributed by atoms with E-state index in [0.717, 1.165) is 19.3 Å². The fourth-order valence-corrected chi connectivity index (χ4v) is 4.71. The number of nitrogens with two attached hydrogens (primary N) is 3. The first-order chi connectivity index (χ1) is 21.3. The van der Waals surface area contributed by atoms with E-state index in [4.69, 9.17) is 37.9 Å². The van der Waals surface area contributed by atoms with Gasteiger partial charge in [0.05, 0.1) is 0 Å². The van der Waals surface area contributed by atoms with E-state index in [1.54, 1.807) is 24.3 Å². The van der Waals surface area contributed by atoms with E-state index in [1.165, 1.54) is 6.92 Å². The monoisotopic (exact) mass is 658 g/mol. The van der Waals surface area contributed by atoms with Crippen LogP contribution < -0.4 is 33.2 Å². The van der Waals surface area contributed by atoms with Crippen LogP contribution in [0.4, 0.5) is 13.2 Å². The molecule has 0 bridgehead atoms. The Morgan fingerprint density at radius 1 is 0.935 bits per heavy atom. The Morgan fingerprint density at radius 3 is 1.91 bits per heavy atom. The van der Waals surface area contributed by atoms with E-state index >= 15 is 0 Å². The van der Waals surface area contributed by atoms with Crippen LogP contribution in [0.2, 0.25) is 0 Å². The number of carboxylic acid groups (broad SMARTS) is 2. The summed E-state index contributed by atoms with van der Waals surface area (Å²) in [5, 5.41) is 39.8. The zero-order valence-corrected chi connectivity index (χ0v) is 25.2. The summed E-state index contributed by atoms with van der Waals surface area (Å²) < 4.78 is 31.7. The van der Waals surface area contributed by atoms with Crippen molar-refractivity contribution in [1.82, 2.24) is 16.0 Å². The molecule has 0 aromatic heterocycles. The molecule has 15 nitrogen and oxygen atoms in total. The van der Waals surface area contributed by atoms with Gasteiger partial charge in [-0.25, -0.2) is 4.79 Å². The van der Waals surface area contributed by atoms with Gasteiger partial charge in [0.1, 0.15) is 23.3 Å². The van der Waals surface area contributed by atoms with Crippen LogP contribution >= 0.6 is 0 Å². The third kappa shape index (κ3) is 12.6. The molecule has 1 aliphatic rings. The summed E-state index contributed by atoms with van der Waals surface area (Å²) in [6.45, 7) is 1.61. The van der Waals surface area contributed by atoms with Crippen LogP contribution in [-0.2, 0) is 30.4 Å². The number of amides is 3. The van der Waals surface area contributed by atoms with Crippen molar-refractivity contribution >= 4 is 41.5 Å². The Hall–Kier alpha value is -4.90. The molecule has 0 saturated heterocycles. The molecular formula is C28H41F3N8O7. The highest BCUT2D eigenvalue weighted by atomic mass is 19.4. The lowest BCUT2D eigenvalue weighted by Crippen LogP contribution is -2.59. The van der Waals surface area contributed by atoms with Crippen LogP contribution in [0, 0.1) is 22.2 Å². The summed E-state index contributed by atoms with van der Waals surface area (Å²) in [7, 11) is 0. The van der Waals surface area contributed by atoms with Gasteiger partial charge in [0.2, 0.25) is 17.7 Å². The molecule has 1 aliphatic carbocycles. The van der Waals surface area contributed by atoms with Gasteiger partial charge in [-0.05, 0) is 50.5 Å². The summed E-state index contributed by atoms with van der Waals surface area (Å²) in [4.78, 5) is 60.1. The number of hydrogen-bond acceptors (Lipinski definition) is 7. The van der Waals surface area contributed by atoms with Crippen LogP contribution in [0.1, 0.15) is 63.0 Å². The maximum absolute atomic E-state index is 13.5. The van der Waals surface area contributed by atoms with Gasteiger partial charge >= 0.3 is 18.1 Å². The normalized spacial score (nSPS) is 15.8. The predicted molar refractivity (Wildman–Crippen MR) is 159 cm³/mol. The predicted octanol–water partition coefficient (Wildman–Crippen LogP) is 0.536. The summed E-state index contributed by atoms with van der Waals surface area (Å²) in [6, 6.07) is 4.30. The number of carbonyl (C=O) groups excluding carboxylic acids is 3. The third-order valence-electron chi connectivity index (χ3n) is 7.37. The van der Waals surface area contributed by atoms with Crippen molar-refractivity contribution in [3.05, 3.63) is 35.4 Å². The number of alkyl halides is 3. The van der Waals surface area contributed by atoms with E-state index in [-0.39, 0.29) is 30.6 Å². The van der Waals surface area contributed by atoms with Crippen molar-refractivity contribution in [1.29, 1.82) is 10.8 Å². The maximum atomic E-state index is 13.5. The number of hydrogen-bond donors (Lipinski definition) is 10. The highest BCUT2D eigenvalue weighted by molar-refractivity contribution is 6.03. The lowest BCUT2D eigenvalue weighted by atomic mass is 9.80. The third-order valence-corrected chi connectivity index (χ3v) is 7.37. The number of primary amides is 1. The summed E-state index contributed by atoms with van der Waals surface area (Å²) >= 11 is 0. The number of nitrogen functional groups attached to an aromatic ring is 1. The molecule has 13 N–H and O–H groups in total. The molecule has 1 aromatic carbocycles. The van der Waals surface area contributed by atoms with Crippen LogP contribution in [0.25, 0.3) is 0 Å². The lowest BCUT2D eigenvalue weighted by molar-refractivity contribution is -0.192. The molecule has 0 heterocycles. The highest BCUT2D eigenvalue weighted by Gasteiger charge is 2.44. The second-order valence-corrected chi connectivity index (χ2v) is 11.0. The summed E-state index contributed by atoms with van der Waals surface area (Å²) in [5.41, 5.74) is 15.4. The number of carbonyl (C=O) groups is 5. The molecule has 3 amide bonds. The number of benzene rings is 1. The van der Waals surface area contributed by atoms with Crippen molar-refractivity contribution < 1.29 is 47.4 Å². The Kier molecular flexibility index (Phi) is 14.9. The number of amidine groups is 1. The maximum Gasteiger partial charge on any atom is 0.490 e. The molecule has 18 heteroatoms. The minimum absolute atomic E-state index is 0.133. The van der Waals surface area contributed by atoms with Crippen LogP contribution in [0.15, 0.2) is 24.3 Å². The molecule has 46 heavy (non-hydrogen) atoms. The number of aliphatic carboxylic acids is 2. The van der Waals surface area contributed by atoms with Crippen molar-refractivity contribution in [3.8, 4) is 0 Å². The Labute approximate surface area is 262 Å². The molecule has 256 valence electrons. The van der Waals surface area contributed by atoms with E-state index in [9.17, 15) is 37.5 Å². The minimum atomic E-state index is -5.08. The van der Waals surface area contributed by atoms with E-state index in [2.05, 4.69) is 16.0 Å². The number of rotatable bonds is 14. The van der Waals surface area contributed by atoms with Gasteiger partial charge in [-0.15, -0.1) is 0 Å². The zero-order chi connectivity index (χ0) is 35.2. The first-order valence-corrected chi connectivity index (χ1v) is 14.2. The van der Waals surface area contributed by atoms with Gasteiger partial charge in [0, 0.05) is 12.1 Å². The largest absolute Gasteiger partial charge is 0.490 e. The standard InChI is InChI=1S/C26H40N8O5.C2HF3O2/c1-26(24(38)39,14-15-9-11-17(12-10-15)20(27)28)23(37)34-19(16-6-3-2-4-7-16)22(36)33-18(21(29)35)8-5-13-32-25(30)31;3-2(4,5)1(6)7/h9-12,16,18-19H,2-8,13-14H2,1H3,(H3,27,28)(H2,29,35)(H,33,36)(H,34,37)(H,38,39)(H4,30,31,32);(H,6,7)/t18-,19-,26+;/m0./s1. The molecule has 1 fully saturated rings. The average Bonchev–Trinajstić information content (AvgIpc) is 2.97. The molecular weight excluding hydrogens is 617 g/mol. The molecule has 3 atom stereocenters. The van der Waals surface area contributed by atoms with Gasteiger partial charge in [-0.2, -0.15) is 13.2 Å². The average molecular weight is 659 g/mol. The van der Waals surface area contributed by atoms with Crippen LogP contribution in [0.5, 0.6) is 0 Å². The highest BCUT2D eigenvalue weighted by Crippen LogP contribution is 2.29. The van der Waals surface area contributed by atoms with Crippen molar-refractivity contribution in [2.45, 2.75) is 76.6 Å². The van der Waals surface area contributed by atoms with Crippen LogP contribution in [0.3, 0.4) is 0 Å². The second kappa shape index (κ2) is 17.6. The van der Waals surface area contributed by atoms with Gasteiger partial charge < -0.3 is 43.4 Å². The number of nitrogens with one attached hydrogen (secondary N) is 5. The van der Waals surface area contributed by atoms with E-state index in [1.807, 2.05) is 0 Å². The van der Waals surface area contributed by atoms with Crippen molar-refractivity contribution in [2.75, 3.05) is 6.54 Å². The van der Waals surface area contributed by atoms with Crippen molar-refractivity contribution in [2.24, 2.45) is 28.5 Å². The Morgan fingerprint density at radius 2 is 1.48 bits per heavy atom. The Bertz CT molecular complexity index is 1270. The Balaban J connectivity index is 0.00000135. The van der Waals surface area contributed by atoms with E-state index in [0.29, 0.717) is 36.9 Å². The van der Waals surface area contributed by atoms with Gasteiger partial charge in [0.25, 0.3) is 0 Å². The number of carboxylic acids is 2.